The SMILES string of the molecule is Cc1ccc(-n2c(SC(C)c3ccccc3Cl)nnc2-c2ccccc2)cc1C. The lowest BCUT2D eigenvalue weighted by Crippen LogP contribution is -2.02. The Balaban J connectivity index is 1.81. The van der Waals surface area contributed by atoms with Crippen LogP contribution in [-0.4, -0.2) is 14.8 Å². The number of halogens is 1. The van der Waals surface area contributed by atoms with Crippen LogP contribution >= 0.6 is 23.4 Å². The van der Waals surface area contributed by atoms with Gasteiger partial charge in [0.25, 0.3) is 0 Å². The van der Waals surface area contributed by atoms with Gasteiger partial charge in [-0.25, -0.2) is 0 Å². The summed E-state index contributed by atoms with van der Waals surface area (Å²) < 4.78 is 2.14. The first-order chi connectivity index (χ1) is 14.0. The van der Waals surface area contributed by atoms with Crippen LogP contribution in [0.25, 0.3) is 17.1 Å². The summed E-state index contributed by atoms with van der Waals surface area (Å²) in [6.45, 7) is 6.40. The number of hydrogen-bond acceptors (Lipinski definition) is 3. The molecule has 0 aliphatic rings. The van der Waals surface area contributed by atoms with Gasteiger partial charge in [0.15, 0.2) is 11.0 Å². The molecule has 0 radical (unpaired) electrons. The van der Waals surface area contributed by atoms with Crippen LogP contribution in [0.1, 0.15) is 28.9 Å². The van der Waals surface area contributed by atoms with Crippen molar-refractivity contribution in [1.82, 2.24) is 14.8 Å². The Bertz CT molecular complexity index is 1140. The van der Waals surface area contributed by atoms with E-state index in [1.54, 1.807) is 11.8 Å². The minimum Gasteiger partial charge on any atom is -0.270 e. The number of aryl methyl sites for hydroxylation is 2. The summed E-state index contributed by atoms with van der Waals surface area (Å²) >= 11 is 8.09. The molecule has 4 rings (SSSR count). The van der Waals surface area contributed by atoms with Crippen LogP contribution in [0.4, 0.5) is 0 Å². The summed E-state index contributed by atoms with van der Waals surface area (Å²) in [5, 5.41) is 10.9. The summed E-state index contributed by atoms with van der Waals surface area (Å²) in [6, 6.07) is 24.6. The number of rotatable bonds is 5. The van der Waals surface area contributed by atoms with E-state index in [2.05, 4.69) is 71.9 Å². The predicted octanol–water partition coefficient (Wildman–Crippen LogP) is 7.06. The van der Waals surface area contributed by atoms with E-state index in [1.165, 1.54) is 11.1 Å². The molecule has 0 spiro atoms. The van der Waals surface area contributed by atoms with Crippen LogP contribution in [0.15, 0.2) is 78.0 Å². The van der Waals surface area contributed by atoms with E-state index >= 15 is 0 Å². The zero-order valence-electron chi connectivity index (χ0n) is 16.6. The molecule has 0 N–H and O–H groups in total. The van der Waals surface area contributed by atoms with Crippen molar-refractivity contribution in [2.75, 3.05) is 0 Å². The zero-order chi connectivity index (χ0) is 20.4. The van der Waals surface area contributed by atoms with Gasteiger partial charge in [-0.05, 0) is 55.7 Å². The summed E-state index contributed by atoms with van der Waals surface area (Å²) in [4.78, 5) is 0. The number of nitrogens with zero attached hydrogens (tertiary/aromatic N) is 3. The van der Waals surface area contributed by atoms with Crippen molar-refractivity contribution in [1.29, 1.82) is 0 Å². The van der Waals surface area contributed by atoms with E-state index in [-0.39, 0.29) is 5.25 Å². The van der Waals surface area contributed by atoms with Gasteiger partial charge < -0.3 is 0 Å². The number of benzene rings is 3. The van der Waals surface area contributed by atoms with Gasteiger partial charge in [-0.1, -0.05) is 78.0 Å². The second-order valence-electron chi connectivity index (χ2n) is 7.06. The molecular weight excluding hydrogens is 398 g/mol. The van der Waals surface area contributed by atoms with E-state index in [9.17, 15) is 0 Å². The van der Waals surface area contributed by atoms with Crippen molar-refractivity contribution in [2.45, 2.75) is 31.2 Å². The monoisotopic (exact) mass is 419 g/mol. The third kappa shape index (κ3) is 4.09. The van der Waals surface area contributed by atoms with Gasteiger partial charge >= 0.3 is 0 Å². The maximum absolute atomic E-state index is 6.43. The highest BCUT2D eigenvalue weighted by molar-refractivity contribution is 7.99. The Morgan fingerprint density at radius 2 is 1.59 bits per heavy atom. The normalized spacial score (nSPS) is 12.1. The van der Waals surface area contributed by atoms with Crippen LogP contribution in [0.2, 0.25) is 5.02 Å². The number of hydrogen-bond donors (Lipinski definition) is 0. The minimum atomic E-state index is 0.141. The van der Waals surface area contributed by atoms with Crippen molar-refractivity contribution >= 4 is 23.4 Å². The quantitative estimate of drug-likeness (QED) is 0.324. The third-order valence-corrected chi connectivity index (χ3v) is 6.47. The minimum absolute atomic E-state index is 0.141. The largest absolute Gasteiger partial charge is 0.270 e. The third-order valence-electron chi connectivity index (χ3n) is 5.04. The van der Waals surface area contributed by atoms with E-state index in [0.717, 1.165) is 32.8 Å². The lowest BCUT2D eigenvalue weighted by molar-refractivity contribution is 0.877. The molecule has 5 heteroatoms. The van der Waals surface area contributed by atoms with Crippen molar-refractivity contribution in [3.8, 4) is 17.1 Å². The number of thioether (sulfide) groups is 1. The highest BCUT2D eigenvalue weighted by atomic mass is 35.5. The molecule has 146 valence electrons. The average molecular weight is 420 g/mol. The molecule has 1 unspecified atom stereocenters. The first kappa shape index (κ1) is 19.7. The van der Waals surface area contributed by atoms with Gasteiger partial charge in [-0.2, -0.15) is 0 Å². The molecule has 4 aromatic rings. The Hall–Kier alpha value is -2.56. The summed E-state index contributed by atoms with van der Waals surface area (Å²) in [7, 11) is 0. The van der Waals surface area contributed by atoms with Crippen LogP contribution in [0, 0.1) is 13.8 Å². The van der Waals surface area contributed by atoms with Gasteiger partial charge in [-0.3, -0.25) is 4.57 Å². The van der Waals surface area contributed by atoms with Gasteiger partial charge in [-0.15, -0.1) is 10.2 Å². The second-order valence-corrected chi connectivity index (χ2v) is 8.77. The van der Waals surface area contributed by atoms with Crippen LogP contribution < -0.4 is 0 Å². The molecule has 3 nitrogen and oxygen atoms in total. The fraction of sp³-hybridized carbons (Fsp3) is 0.167. The topological polar surface area (TPSA) is 30.7 Å². The fourth-order valence-corrected chi connectivity index (χ4v) is 4.64. The van der Waals surface area contributed by atoms with Crippen molar-refractivity contribution in [2.24, 2.45) is 0 Å². The molecule has 0 saturated heterocycles. The molecule has 3 aromatic carbocycles. The Labute approximate surface area is 180 Å². The Morgan fingerprint density at radius 1 is 0.862 bits per heavy atom. The van der Waals surface area contributed by atoms with Gasteiger partial charge in [0.05, 0.1) is 5.69 Å². The predicted molar refractivity (Wildman–Crippen MR) is 122 cm³/mol. The molecule has 0 bridgehead atoms. The molecule has 0 aliphatic carbocycles. The Morgan fingerprint density at radius 3 is 2.31 bits per heavy atom. The fourth-order valence-electron chi connectivity index (χ4n) is 3.24. The maximum Gasteiger partial charge on any atom is 0.196 e. The van der Waals surface area contributed by atoms with Crippen LogP contribution in [0.5, 0.6) is 0 Å². The summed E-state index contributed by atoms with van der Waals surface area (Å²) in [5.41, 5.74) is 5.70. The summed E-state index contributed by atoms with van der Waals surface area (Å²) in [5.74, 6) is 0.836. The lowest BCUT2D eigenvalue weighted by Gasteiger charge is -2.16. The maximum atomic E-state index is 6.43. The van der Waals surface area contributed by atoms with Gasteiger partial charge in [0, 0.05) is 15.8 Å². The average Bonchev–Trinajstić information content (AvgIpc) is 3.14. The van der Waals surface area contributed by atoms with Crippen LogP contribution in [0.3, 0.4) is 0 Å². The summed E-state index contributed by atoms with van der Waals surface area (Å²) in [6.07, 6.45) is 0. The van der Waals surface area contributed by atoms with Crippen LogP contribution in [-0.2, 0) is 0 Å². The van der Waals surface area contributed by atoms with Gasteiger partial charge in [0.1, 0.15) is 0 Å². The smallest absolute Gasteiger partial charge is 0.196 e. The van der Waals surface area contributed by atoms with Crippen molar-refractivity contribution in [3.63, 3.8) is 0 Å². The first-order valence-electron chi connectivity index (χ1n) is 9.54. The van der Waals surface area contributed by atoms with E-state index in [1.807, 2.05) is 36.4 Å². The van der Waals surface area contributed by atoms with Crippen molar-refractivity contribution in [3.05, 3.63) is 94.5 Å². The molecule has 0 fully saturated rings. The highest BCUT2D eigenvalue weighted by Crippen LogP contribution is 2.39. The molecule has 0 saturated carbocycles. The highest BCUT2D eigenvalue weighted by Gasteiger charge is 2.20. The molecule has 1 atom stereocenters. The Kier molecular flexibility index (Phi) is 5.74. The van der Waals surface area contributed by atoms with E-state index < -0.39 is 0 Å². The molecule has 0 amide bonds. The molecule has 1 aromatic heterocycles. The van der Waals surface area contributed by atoms with E-state index in [4.69, 9.17) is 11.6 Å². The standard InChI is InChI=1S/C24H22ClN3S/c1-16-13-14-20(15-17(16)2)28-23(19-9-5-4-6-10-19)26-27-24(28)29-18(3)21-11-7-8-12-22(21)25/h4-15,18H,1-3H3. The lowest BCUT2D eigenvalue weighted by atomic mass is 10.1. The molecular formula is C24H22ClN3S. The molecule has 29 heavy (non-hydrogen) atoms. The second kappa shape index (κ2) is 8.44. The molecule has 0 aliphatic heterocycles. The van der Waals surface area contributed by atoms with E-state index in [0.29, 0.717) is 0 Å². The first-order valence-corrected chi connectivity index (χ1v) is 10.8. The molecule has 1 heterocycles. The van der Waals surface area contributed by atoms with Crippen molar-refractivity contribution < 1.29 is 0 Å². The van der Waals surface area contributed by atoms with Gasteiger partial charge in [0.2, 0.25) is 0 Å². The number of aromatic nitrogens is 3. The zero-order valence-corrected chi connectivity index (χ0v) is 18.2.